The summed E-state index contributed by atoms with van der Waals surface area (Å²) in [6, 6.07) is 7.94. The molecule has 0 bridgehead atoms. The zero-order chi connectivity index (χ0) is 16.8. The Morgan fingerprint density at radius 1 is 1.17 bits per heavy atom. The summed E-state index contributed by atoms with van der Waals surface area (Å²) >= 11 is 0. The first-order valence-electron chi connectivity index (χ1n) is 8.31. The lowest BCUT2D eigenvalue weighted by atomic mass is 10.1. The van der Waals surface area contributed by atoms with E-state index in [0.29, 0.717) is 13.1 Å². The molecule has 0 saturated carbocycles. The summed E-state index contributed by atoms with van der Waals surface area (Å²) in [5.41, 5.74) is 3.12. The van der Waals surface area contributed by atoms with Gasteiger partial charge in [0.25, 0.3) is 0 Å². The van der Waals surface area contributed by atoms with Gasteiger partial charge in [0.1, 0.15) is 0 Å². The number of aromatic nitrogens is 2. The van der Waals surface area contributed by atoms with E-state index < -0.39 is 6.10 Å². The molecule has 0 radical (unpaired) electrons. The van der Waals surface area contributed by atoms with E-state index in [1.54, 1.807) is 0 Å². The quantitative estimate of drug-likeness (QED) is 0.836. The zero-order valence-electron chi connectivity index (χ0n) is 14.0. The fraction of sp³-hybridized carbons (Fsp3) is 0.444. The molecule has 0 unspecified atom stereocenters. The molecule has 1 aliphatic heterocycles. The number of morpholine rings is 1. The normalized spacial score (nSPS) is 16.2. The second-order valence-electron chi connectivity index (χ2n) is 6.05. The van der Waals surface area contributed by atoms with Crippen molar-refractivity contribution < 1.29 is 9.84 Å². The molecule has 6 heteroatoms. The lowest BCUT2D eigenvalue weighted by Gasteiger charge is -2.26. The molecule has 1 aromatic carbocycles. The highest BCUT2D eigenvalue weighted by molar-refractivity contribution is 5.30. The molecule has 2 aromatic rings. The fourth-order valence-corrected chi connectivity index (χ4v) is 2.63. The van der Waals surface area contributed by atoms with Gasteiger partial charge in [-0.3, -0.25) is 0 Å². The summed E-state index contributed by atoms with van der Waals surface area (Å²) in [5, 5.41) is 13.4. The van der Waals surface area contributed by atoms with Gasteiger partial charge in [0.2, 0.25) is 5.95 Å². The van der Waals surface area contributed by atoms with Crippen LogP contribution in [0.15, 0.2) is 36.7 Å². The van der Waals surface area contributed by atoms with Crippen molar-refractivity contribution in [2.24, 2.45) is 0 Å². The fourth-order valence-electron chi connectivity index (χ4n) is 2.63. The number of aliphatic hydroxyl groups excluding tert-OH is 1. The van der Waals surface area contributed by atoms with E-state index in [-0.39, 0.29) is 0 Å². The minimum atomic E-state index is -0.515. The summed E-state index contributed by atoms with van der Waals surface area (Å²) in [7, 11) is 0. The first-order valence-corrected chi connectivity index (χ1v) is 8.31. The Hall–Kier alpha value is -2.02. The Bertz CT molecular complexity index is 624. The summed E-state index contributed by atoms with van der Waals surface area (Å²) in [6.07, 6.45) is 3.16. The van der Waals surface area contributed by atoms with Gasteiger partial charge in [-0.15, -0.1) is 0 Å². The van der Waals surface area contributed by atoms with E-state index in [1.165, 1.54) is 5.56 Å². The van der Waals surface area contributed by atoms with Gasteiger partial charge in [0, 0.05) is 44.1 Å². The SMILES string of the molecule is Cc1ccc([C@@H](O)CNCc2cnc(N3CCOCC3)nc2)cc1. The standard InChI is InChI=1S/C18H24N4O2/c1-14-2-4-16(5-3-14)17(23)13-19-10-15-11-20-18(21-12-15)22-6-8-24-9-7-22/h2-5,11-12,17,19,23H,6-10,13H2,1H3/t17-/m0/s1. The predicted molar refractivity (Wildman–Crippen MR) is 92.9 cm³/mol. The van der Waals surface area contributed by atoms with Crippen LogP contribution in [0.5, 0.6) is 0 Å². The molecule has 2 N–H and O–H groups in total. The van der Waals surface area contributed by atoms with E-state index in [0.717, 1.165) is 43.4 Å². The maximum absolute atomic E-state index is 10.2. The molecule has 1 atom stereocenters. The van der Waals surface area contributed by atoms with Gasteiger partial charge in [0.05, 0.1) is 19.3 Å². The van der Waals surface area contributed by atoms with Crippen LogP contribution in [0.25, 0.3) is 0 Å². The topological polar surface area (TPSA) is 70.5 Å². The lowest BCUT2D eigenvalue weighted by Crippen LogP contribution is -2.37. The Balaban J connectivity index is 1.47. The van der Waals surface area contributed by atoms with Crippen molar-refractivity contribution >= 4 is 5.95 Å². The van der Waals surface area contributed by atoms with Crippen LogP contribution >= 0.6 is 0 Å². The Labute approximate surface area is 142 Å². The number of hydrogen-bond acceptors (Lipinski definition) is 6. The smallest absolute Gasteiger partial charge is 0.225 e. The first kappa shape index (κ1) is 16.8. The highest BCUT2D eigenvalue weighted by Gasteiger charge is 2.13. The molecule has 3 rings (SSSR count). The molecule has 1 saturated heterocycles. The summed E-state index contributed by atoms with van der Waals surface area (Å²) in [4.78, 5) is 11.0. The van der Waals surface area contributed by atoms with Crippen LogP contribution < -0.4 is 10.2 Å². The highest BCUT2D eigenvalue weighted by Crippen LogP contribution is 2.13. The highest BCUT2D eigenvalue weighted by atomic mass is 16.5. The number of benzene rings is 1. The molecule has 0 spiro atoms. The largest absolute Gasteiger partial charge is 0.387 e. The van der Waals surface area contributed by atoms with Crippen molar-refractivity contribution in [3.8, 4) is 0 Å². The van der Waals surface area contributed by atoms with Gasteiger partial charge in [-0.25, -0.2) is 9.97 Å². The van der Waals surface area contributed by atoms with Crippen LogP contribution in [0.3, 0.4) is 0 Å². The molecule has 0 amide bonds. The van der Waals surface area contributed by atoms with Crippen LogP contribution in [-0.4, -0.2) is 47.9 Å². The molecule has 0 aliphatic carbocycles. The Morgan fingerprint density at radius 2 is 1.83 bits per heavy atom. The summed E-state index contributed by atoms with van der Waals surface area (Å²) in [5.74, 6) is 0.752. The molecule has 6 nitrogen and oxygen atoms in total. The zero-order valence-corrected chi connectivity index (χ0v) is 14.0. The monoisotopic (exact) mass is 328 g/mol. The van der Waals surface area contributed by atoms with Crippen LogP contribution in [-0.2, 0) is 11.3 Å². The summed E-state index contributed by atoms with van der Waals surface area (Å²) < 4.78 is 5.33. The summed E-state index contributed by atoms with van der Waals surface area (Å²) in [6.45, 7) is 6.28. The Morgan fingerprint density at radius 3 is 2.50 bits per heavy atom. The predicted octanol–water partition coefficient (Wildman–Crippen LogP) is 1.44. The number of hydrogen-bond donors (Lipinski definition) is 2. The average Bonchev–Trinajstić information content (AvgIpc) is 2.63. The van der Waals surface area contributed by atoms with Gasteiger partial charge in [-0.05, 0) is 12.5 Å². The van der Waals surface area contributed by atoms with Gasteiger partial charge in [0.15, 0.2) is 0 Å². The number of aliphatic hydroxyl groups is 1. The molecule has 128 valence electrons. The molecule has 1 aromatic heterocycles. The van der Waals surface area contributed by atoms with Crippen molar-refractivity contribution in [2.75, 3.05) is 37.7 Å². The van der Waals surface area contributed by atoms with Gasteiger partial charge in [-0.1, -0.05) is 29.8 Å². The molecular weight excluding hydrogens is 304 g/mol. The number of nitrogens with one attached hydrogen (secondary N) is 1. The van der Waals surface area contributed by atoms with Crippen molar-refractivity contribution in [1.29, 1.82) is 0 Å². The molecule has 2 heterocycles. The van der Waals surface area contributed by atoms with E-state index in [9.17, 15) is 5.11 Å². The van der Waals surface area contributed by atoms with Gasteiger partial charge < -0.3 is 20.1 Å². The number of anilines is 1. The van der Waals surface area contributed by atoms with Crippen molar-refractivity contribution in [2.45, 2.75) is 19.6 Å². The first-order chi connectivity index (χ1) is 11.7. The van der Waals surface area contributed by atoms with Crippen LogP contribution in [0, 0.1) is 6.92 Å². The van der Waals surface area contributed by atoms with Crippen molar-refractivity contribution in [1.82, 2.24) is 15.3 Å². The maximum atomic E-state index is 10.2. The second kappa shape index (κ2) is 8.19. The minimum absolute atomic E-state index is 0.494. The third kappa shape index (κ3) is 4.50. The second-order valence-corrected chi connectivity index (χ2v) is 6.05. The van der Waals surface area contributed by atoms with Gasteiger partial charge >= 0.3 is 0 Å². The minimum Gasteiger partial charge on any atom is -0.387 e. The third-order valence-electron chi connectivity index (χ3n) is 4.11. The van der Waals surface area contributed by atoms with Crippen LogP contribution in [0.1, 0.15) is 22.8 Å². The average molecular weight is 328 g/mol. The molecular formula is C18H24N4O2. The van der Waals surface area contributed by atoms with Crippen LogP contribution in [0.2, 0.25) is 0 Å². The van der Waals surface area contributed by atoms with E-state index in [4.69, 9.17) is 4.74 Å². The molecule has 1 aliphatic rings. The number of nitrogens with zero attached hydrogens (tertiary/aromatic N) is 3. The number of rotatable bonds is 6. The maximum Gasteiger partial charge on any atom is 0.225 e. The third-order valence-corrected chi connectivity index (χ3v) is 4.11. The Kier molecular flexibility index (Phi) is 5.74. The molecule has 1 fully saturated rings. The number of aryl methyl sites for hydroxylation is 1. The van der Waals surface area contributed by atoms with Crippen LogP contribution in [0.4, 0.5) is 5.95 Å². The van der Waals surface area contributed by atoms with E-state index >= 15 is 0 Å². The van der Waals surface area contributed by atoms with E-state index in [1.807, 2.05) is 43.6 Å². The van der Waals surface area contributed by atoms with E-state index in [2.05, 4.69) is 20.2 Å². The molecule has 24 heavy (non-hydrogen) atoms. The number of ether oxygens (including phenoxy) is 1. The lowest BCUT2D eigenvalue weighted by molar-refractivity contribution is 0.122. The van der Waals surface area contributed by atoms with Gasteiger partial charge in [-0.2, -0.15) is 0 Å². The van der Waals surface area contributed by atoms with Crippen molar-refractivity contribution in [3.63, 3.8) is 0 Å². The van der Waals surface area contributed by atoms with Crippen molar-refractivity contribution in [3.05, 3.63) is 53.3 Å².